The Morgan fingerprint density at radius 3 is 2.89 bits per heavy atom. The fourth-order valence-corrected chi connectivity index (χ4v) is 2.43. The summed E-state index contributed by atoms with van der Waals surface area (Å²) in [4.78, 5) is 17.7. The van der Waals surface area contributed by atoms with Crippen LogP contribution in [0.2, 0.25) is 5.02 Å². The number of halogens is 2. The minimum Gasteiger partial charge on any atom is -0.336 e. The van der Waals surface area contributed by atoms with E-state index in [0.717, 1.165) is 17.3 Å². The molecule has 0 unspecified atom stereocenters. The van der Waals surface area contributed by atoms with E-state index in [-0.39, 0.29) is 11.6 Å². The Bertz CT molecular complexity index is 687. The number of benzene rings is 1. The molecule has 0 N–H and O–H groups in total. The van der Waals surface area contributed by atoms with Crippen LogP contribution in [0.4, 0.5) is 4.39 Å². The lowest BCUT2D eigenvalue weighted by Gasteiger charge is -2.14. The van der Waals surface area contributed by atoms with Gasteiger partial charge in [-0.25, -0.2) is 9.37 Å². The second-order valence-corrected chi connectivity index (χ2v) is 4.95. The molecule has 2 aromatic rings. The average Bonchev–Trinajstić information content (AvgIpc) is 2.48. The third-order valence-corrected chi connectivity index (χ3v) is 3.41. The van der Waals surface area contributed by atoms with Gasteiger partial charge < -0.3 is 4.90 Å². The predicted octanol–water partition coefficient (Wildman–Crippen LogP) is 3.13. The van der Waals surface area contributed by atoms with Gasteiger partial charge in [0, 0.05) is 24.2 Å². The molecule has 3 rings (SSSR count). The summed E-state index contributed by atoms with van der Waals surface area (Å²) in [5.74, 6) is -0.690. The number of pyridine rings is 1. The van der Waals surface area contributed by atoms with Gasteiger partial charge in [-0.05, 0) is 29.3 Å². The zero-order chi connectivity index (χ0) is 13.6. The Balaban J connectivity index is 2.35. The van der Waals surface area contributed by atoms with E-state index in [4.69, 9.17) is 11.6 Å². The Morgan fingerprint density at radius 2 is 2.11 bits per heavy atom. The van der Waals surface area contributed by atoms with E-state index in [0.29, 0.717) is 17.1 Å². The van der Waals surface area contributed by atoms with E-state index in [2.05, 4.69) is 4.98 Å². The fourth-order valence-electron chi connectivity index (χ4n) is 2.26. The minimum atomic E-state index is -0.470. The quantitative estimate of drug-likeness (QED) is 0.741. The SMILES string of the molecule is CN1Cc2ccc(Cl)cc2-c2cc(F)cnc2C1=O. The lowest BCUT2D eigenvalue weighted by atomic mass is 9.99. The van der Waals surface area contributed by atoms with Gasteiger partial charge in [0.1, 0.15) is 11.5 Å². The summed E-state index contributed by atoms with van der Waals surface area (Å²) in [6, 6.07) is 6.68. The van der Waals surface area contributed by atoms with Crippen LogP contribution >= 0.6 is 11.6 Å². The van der Waals surface area contributed by atoms with Crippen molar-refractivity contribution in [2.75, 3.05) is 7.05 Å². The summed E-state index contributed by atoms with van der Waals surface area (Å²) in [5, 5.41) is 0.547. The molecule has 1 amide bonds. The van der Waals surface area contributed by atoms with E-state index in [1.807, 2.05) is 6.07 Å². The molecule has 96 valence electrons. The van der Waals surface area contributed by atoms with Crippen LogP contribution in [-0.2, 0) is 6.54 Å². The van der Waals surface area contributed by atoms with Gasteiger partial charge in [0.15, 0.2) is 0 Å². The molecule has 19 heavy (non-hydrogen) atoms. The van der Waals surface area contributed by atoms with Gasteiger partial charge in [0.05, 0.1) is 6.20 Å². The summed E-state index contributed by atoms with van der Waals surface area (Å²) in [7, 11) is 1.70. The molecule has 5 heteroatoms. The van der Waals surface area contributed by atoms with E-state index in [1.165, 1.54) is 6.07 Å². The molecular weight excluding hydrogens is 267 g/mol. The van der Waals surface area contributed by atoms with Crippen LogP contribution in [0, 0.1) is 5.82 Å². The molecule has 0 bridgehead atoms. The van der Waals surface area contributed by atoms with Gasteiger partial charge in [0.25, 0.3) is 5.91 Å². The molecule has 0 aliphatic carbocycles. The van der Waals surface area contributed by atoms with Crippen LogP contribution in [0.3, 0.4) is 0 Å². The number of carbonyl (C=O) groups is 1. The zero-order valence-electron chi connectivity index (χ0n) is 10.2. The normalized spacial score (nSPS) is 13.8. The van der Waals surface area contributed by atoms with E-state index >= 15 is 0 Å². The number of fused-ring (bicyclic) bond motifs is 3. The molecule has 1 aromatic carbocycles. The van der Waals surface area contributed by atoms with Crippen LogP contribution in [0.5, 0.6) is 0 Å². The molecule has 1 aromatic heterocycles. The van der Waals surface area contributed by atoms with Crippen LogP contribution in [0.1, 0.15) is 16.1 Å². The lowest BCUT2D eigenvalue weighted by molar-refractivity contribution is 0.0783. The average molecular weight is 277 g/mol. The van der Waals surface area contributed by atoms with Crippen molar-refractivity contribution in [3.8, 4) is 11.1 Å². The molecule has 0 radical (unpaired) electrons. The first kappa shape index (κ1) is 12.1. The molecule has 0 spiro atoms. The van der Waals surface area contributed by atoms with E-state index in [1.54, 1.807) is 24.1 Å². The highest BCUT2D eigenvalue weighted by molar-refractivity contribution is 6.31. The van der Waals surface area contributed by atoms with Crippen molar-refractivity contribution in [3.05, 3.63) is 52.6 Å². The maximum Gasteiger partial charge on any atom is 0.273 e. The molecule has 0 saturated heterocycles. The third-order valence-electron chi connectivity index (χ3n) is 3.17. The molecule has 0 fully saturated rings. The Kier molecular flexibility index (Phi) is 2.75. The van der Waals surface area contributed by atoms with Crippen LogP contribution in [0.15, 0.2) is 30.5 Å². The summed E-state index contributed by atoms with van der Waals surface area (Å²) < 4.78 is 13.4. The highest BCUT2D eigenvalue weighted by Crippen LogP contribution is 2.33. The molecule has 0 saturated carbocycles. The first-order valence-corrected chi connectivity index (χ1v) is 6.14. The minimum absolute atomic E-state index is 0.220. The number of aromatic nitrogens is 1. The van der Waals surface area contributed by atoms with Crippen LogP contribution in [-0.4, -0.2) is 22.8 Å². The second-order valence-electron chi connectivity index (χ2n) is 4.51. The Hall–Kier alpha value is -1.94. The Morgan fingerprint density at radius 1 is 1.32 bits per heavy atom. The maximum absolute atomic E-state index is 13.4. The summed E-state index contributed by atoms with van der Waals surface area (Å²) in [6.45, 7) is 0.448. The smallest absolute Gasteiger partial charge is 0.273 e. The second kappa shape index (κ2) is 4.31. The molecule has 0 atom stereocenters. The molecular formula is C14H10ClFN2O. The van der Waals surface area contributed by atoms with Crippen molar-refractivity contribution < 1.29 is 9.18 Å². The maximum atomic E-state index is 13.4. The van der Waals surface area contributed by atoms with Gasteiger partial charge in [-0.1, -0.05) is 17.7 Å². The summed E-state index contributed by atoms with van der Waals surface area (Å²) in [5.41, 5.74) is 2.43. The van der Waals surface area contributed by atoms with Gasteiger partial charge in [-0.15, -0.1) is 0 Å². The molecule has 1 aliphatic heterocycles. The molecule has 1 aliphatic rings. The van der Waals surface area contributed by atoms with Gasteiger partial charge in [0.2, 0.25) is 0 Å². The van der Waals surface area contributed by atoms with Gasteiger partial charge >= 0.3 is 0 Å². The predicted molar refractivity (Wildman–Crippen MR) is 70.4 cm³/mol. The van der Waals surface area contributed by atoms with Crippen molar-refractivity contribution in [2.45, 2.75) is 6.54 Å². The molecule has 2 heterocycles. The number of carbonyl (C=O) groups excluding carboxylic acids is 1. The number of hydrogen-bond donors (Lipinski definition) is 0. The number of amides is 1. The summed E-state index contributed by atoms with van der Waals surface area (Å²) in [6.07, 6.45) is 1.06. The first-order valence-electron chi connectivity index (χ1n) is 5.76. The third kappa shape index (κ3) is 1.98. The van der Waals surface area contributed by atoms with Gasteiger partial charge in [-0.3, -0.25) is 4.79 Å². The van der Waals surface area contributed by atoms with Crippen molar-refractivity contribution >= 4 is 17.5 Å². The van der Waals surface area contributed by atoms with Crippen LogP contribution < -0.4 is 0 Å². The highest BCUT2D eigenvalue weighted by atomic mass is 35.5. The summed E-state index contributed by atoms with van der Waals surface area (Å²) >= 11 is 6.00. The largest absolute Gasteiger partial charge is 0.336 e. The number of rotatable bonds is 0. The van der Waals surface area contributed by atoms with Crippen molar-refractivity contribution in [1.29, 1.82) is 0 Å². The zero-order valence-corrected chi connectivity index (χ0v) is 10.9. The standard InChI is InChI=1S/C14H10ClFN2O/c1-18-7-8-2-3-9(15)4-11(8)12-5-10(16)6-17-13(12)14(18)19/h2-6H,7H2,1H3. The van der Waals surface area contributed by atoms with Crippen molar-refractivity contribution in [1.82, 2.24) is 9.88 Å². The van der Waals surface area contributed by atoms with Crippen molar-refractivity contribution in [3.63, 3.8) is 0 Å². The number of hydrogen-bond acceptors (Lipinski definition) is 2. The number of nitrogens with zero attached hydrogens (tertiary/aromatic N) is 2. The highest BCUT2D eigenvalue weighted by Gasteiger charge is 2.25. The monoisotopic (exact) mass is 276 g/mol. The molecule has 3 nitrogen and oxygen atoms in total. The lowest BCUT2D eigenvalue weighted by Crippen LogP contribution is -2.25. The van der Waals surface area contributed by atoms with Crippen LogP contribution in [0.25, 0.3) is 11.1 Å². The topological polar surface area (TPSA) is 33.2 Å². The first-order chi connectivity index (χ1) is 9.06. The Labute approximate surface area is 114 Å². The van der Waals surface area contributed by atoms with Gasteiger partial charge in [-0.2, -0.15) is 0 Å². The van der Waals surface area contributed by atoms with E-state index < -0.39 is 5.82 Å². The van der Waals surface area contributed by atoms with E-state index in [9.17, 15) is 9.18 Å². The van der Waals surface area contributed by atoms with Crippen molar-refractivity contribution in [2.24, 2.45) is 0 Å². The fraction of sp³-hybridized carbons (Fsp3) is 0.143.